The smallest absolute Gasteiger partial charge is 0.303 e. The van der Waals surface area contributed by atoms with Crippen LogP contribution in [0.1, 0.15) is 27.0 Å². The molecule has 0 aromatic carbocycles. The molecule has 0 radical (unpaired) electrons. The number of aromatic nitrogens is 2. The molecule has 10 heteroatoms. The number of imidazole rings is 1. The summed E-state index contributed by atoms with van der Waals surface area (Å²) in [5.74, 6) is -1.65. The largest absolute Gasteiger partial charge is 0.463 e. The van der Waals surface area contributed by atoms with Crippen molar-refractivity contribution in [3.63, 3.8) is 0 Å². The van der Waals surface area contributed by atoms with E-state index in [0.717, 1.165) is 0 Å². The van der Waals surface area contributed by atoms with Gasteiger partial charge in [-0.15, -0.1) is 0 Å². The number of ether oxygens (including phenoxy) is 4. The molecule has 1 aliphatic heterocycles. The van der Waals surface area contributed by atoms with Crippen molar-refractivity contribution in [3.8, 4) is 0 Å². The lowest BCUT2D eigenvalue weighted by molar-refractivity contribution is -0.166. The Kier molecular flexibility index (Phi) is 5.73. The number of rotatable bonds is 5. The zero-order chi connectivity index (χ0) is 17.9. The highest BCUT2D eigenvalue weighted by Gasteiger charge is 2.50. The number of carbonyl (C=O) groups excluding carboxylic acids is 3. The molecular formula is C14H18N2O7S. The Morgan fingerprint density at radius 2 is 1.79 bits per heavy atom. The number of carbonyl (C=O) groups is 3. The van der Waals surface area contributed by atoms with Crippen LogP contribution >= 0.6 is 12.2 Å². The van der Waals surface area contributed by atoms with Gasteiger partial charge in [-0.1, -0.05) is 0 Å². The summed E-state index contributed by atoms with van der Waals surface area (Å²) in [5, 5.41) is 0. The van der Waals surface area contributed by atoms with E-state index in [1.807, 2.05) is 0 Å². The lowest BCUT2D eigenvalue weighted by Crippen LogP contribution is -2.40. The van der Waals surface area contributed by atoms with Crippen LogP contribution < -0.4 is 0 Å². The minimum atomic E-state index is -0.937. The second-order valence-electron chi connectivity index (χ2n) is 5.19. The molecule has 132 valence electrons. The van der Waals surface area contributed by atoms with E-state index >= 15 is 0 Å². The van der Waals surface area contributed by atoms with E-state index in [2.05, 4.69) is 4.98 Å². The fraction of sp³-hybridized carbons (Fsp3) is 0.571. The van der Waals surface area contributed by atoms with Crippen LogP contribution in [-0.4, -0.2) is 52.4 Å². The minimum absolute atomic E-state index is 0.153. The van der Waals surface area contributed by atoms with Crippen LogP contribution in [0.25, 0.3) is 0 Å². The number of H-pyrrole nitrogens is 1. The summed E-state index contributed by atoms with van der Waals surface area (Å²) in [6.07, 6.45) is -0.289. The summed E-state index contributed by atoms with van der Waals surface area (Å²) in [4.78, 5) is 36.7. The maximum Gasteiger partial charge on any atom is 0.303 e. The van der Waals surface area contributed by atoms with E-state index < -0.39 is 42.4 Å². The van der Waals surface area contributed by atoms with Gasteiger partial charge in [0, 0.05) is 33.2 Å². The molecule has 0 aliphatic carbocycles. The summed E-state index contributed by atoms with van der Waals surface area (Å²) in [5.41, 5.74) is 0. The Bertz CT molecular complexity index is 683. The Morgan fingerprint density at radius 1 is 1.17 bits per heavy atom. The Balaban J connectivity index is 2.33. The van der Waals surface area contributed by atoms with E-state index in [-0.39, 0.29) is 6.61 Å². The van der Waals surface area contributed by atoms with Crippen molar-refractivity contribution < 1.29 is 33.3 Å². The summed E-state index contributed by atoms with van der Waals surface area (Å²) in [6, 6.07) is 0. The maximum absolute atomic E-state index is 11.5. The van der Waals surface area contributed by atoms with Crippen LogP contribution in [0, 0.1) is 4.77 Å². The highest BCUT2D eigenvalue weighted by molar-refractivity contribution is 7.71. The molecule has 1 saturated heterocycles. The zero-order valence-corrected chi connectivity index (χ0v) is 14.2. The summed E-state index contributed by atoms with van der Waals surface area (Å²) in [7, 11) is 0. The normalized spacial score (nSPS) is 26.0. The first-order valence-electron chi connectivity index (χ1n) is 7.18. The van der Waals surface area contributed by atoms with Crippen LogP contribution in [0.5, 0.6) is 0 Å². The van der Waals surface area contributed by atoms with Crippen LogP contribution in [-0.2, 0) is 33.3 Å². The molecule has 9 nitrogen and oxygen atoms in total. The average Bonchev–Trinajstić information content (AvgIpc) is 3.01. The predicted molar refractivity (Wildman–Crippen MR) is 81.3 cm³/mol. The first kappa shape index (κ1) is 18.1. The van der Waals surface area contributed by atoms with Gasteiger partial charge in [-0.3, -0.25) is 19.0 Å². The van der Waals surface area contributed by atoms with Gasteiger partial charge in [-0.25, -0.2) is 0 Å². The van der Waals surface area contributed by atoms with Crippen molar-refractivity contribution in [1.29, 1.82) is 0 Å². The SMILES string of the molecule is CC(=O)OC[C@@H]1O[C@@H](n2cc[nH]c2=S)[C@@H](OC(C)=O)[C@H]1OC(C)=O. The third-order valence-corrected chi connectivity index (χ3v) is 3.62. The van der Waals surface area contributed by atoms with Gasteiger partial charge in [0.2, 0.25) is 0 Å². The Hall–Kier alpha value is -2.20. The lowest BCUT2D eigenvalue weighted by Gasteiger charge is -2.23. The number of hydrogen-bond acceptors (Lipinski definition) is 8. The maximum atomic E-state index is 11.5. The standard InChI is InChI=1S/C14H18N2O7S/c1-7(17)20-6-10-11(21-8(2)18)12(22-9(3)19)13(23-10)16-5-4-15-14(16)24/h4-5,10-13H,6H2,1-3H3,(H,15,24)/t10-,11-,12-,13+/m0/s1. The van der Waals surface area contributed by atoms with Crippen molar-refractivity contribution in [2.45, 2.75) is 45.3 Å². The molecule has 1 N–H and O–H groups in total. The first-order chi connectivity index (χ1) is 11.3. The molecule has 2 rings (SSSR count). The molecule has 0 unspecified atom stereocenters. The number of aromatic amines is 1. The highest BCUT2D eigenvalue weighted by atomic mass is 32.1. The topological polar surface area (TPSA) is 109 Å². The van der Waals surface area contributed by atoms with Gasteiger partial charge in [0.1, 0.15) is 12.7 Å². The van der Waals surface area contributed by atoms with Crippen molar-refractivity contribution in [2.24, 2.45) is 0 Å². The summed E-state index contributed by atoms with van der Waals surface area (Å²) < 4.78 is 23.2. The zero-order valence-electron chi connectivity index (χ0n) is 13.4. The highest BCUT2D eigenvalue weighted by Crippen LogP contribution is 2.34. The molecule has 2 heterocycles. The van der Waals surface area contributed by atoms with Crippen molar-refractivity contribution in [2.75, 3.05) is 6.61 Å². The molecule has 0 bridgehead atoms. The molecular weight excluding hydrogens is 340 g/mol. The van der Waals surface area contributed by atoms with Gasteiger partial charge in [0.05, 0.1) is 0 Å². The predicted octanol–water partition coefficient (Wildman–Crippen LogP) is 0.870. The molecule has 4 atom stereocenters. The van der Waals surface area contributed by atoms with E-state index in [1.165, 1.54) is 25.3 Å². The van der Waals surface area contributed by atoms with Gasteiger partial charge in [-0.05, 0) is 12.2 Å². The summed E-state index contributed by atoms with van der Waals surface area (Å²) in [6.45, 7) is 3.55. The molecule has 1 fully saturated rings. The fourth-order valence-electron chi connectivity index (χ4n) is 2.45. The molecule has 1 aromatic heterocycles. The third kappa shape index (κ3) is 4.20. The van der Waals surface area contributed by atoms with E-state index in [9.17, 15) is 14.4 Å². The number of hydrogen-bond donors (Lipinski definition) is 1. The second-order valence-corrected chi connectivity index (χ2v) is 5.57. The quantitative estimate of drug-likeness (QED) is 0.469. The Morgan fingerprint density at radius 3 is 2.29 bits per heavy atom. The van der Waals surface area contributed by atoms with Crippen LogP contribution in [0.2, 0.25) is 0 Å². The number of esters is 3. The van der Waals surface area contributed by atoms with Crippen molar-refractivity contribution in [1.82, 2.24) is 9.55 Å². The molecule has 24 heavy (non-hydrogen) atoms. The van der Waals surface area contributed by atoms with Crippen LogP contribution in [0.3, 0.4) is 0 Å². The van der Waals surface area contributed by atoms with E-state index in [0.29, 0.717) is 4.77 Å². The minimum Gasteiger partial charge on any atom is -0.463 e. The van der Waals surface area contributed by atoms with E-state index in [1.54, 1.807) is 12.4 Å². The molecule has 0 spiro atoms. The van der Waals surface area contributed by atoms with Gasteiger partial charge >= 0.3 is 17.9 Å². The second kappa shape index (κ2) is 7.58. The monoisotopic (exact) mass is 358 g/mol. The van der Waals surface area contributed by atoms with E-state index in [4.69, 9.17) is 31.2 Å². The number of nitrogens with zero attached hydrogens (tertiary/aromatic N) is 1. The fourth-order valence-corrected chi connectivity index (χ4v) is 2.68. The molecule has 0 amide bonds. The molecule has 1 aliphatic rings. The van der Waals surface area contributed by atoms with Crippen molar-refractivity contribution in [3.05, 3.63) is 17.2 Å². The van der Waals surface area contributed by atoms with Crippen molar-refractivity contribution >= 4 is 30.1 Å². The average molecular weight is 358 g/mol. The van der Waals surface area contributed by atoms with Crippen LogP contribution in [0.4, 0.5) is 0 Å². The number of nitrogens with one attached hydrogen (secondary N) is 1. The third-order valence-electron chi connectivity index (χ3n) is 3.29. The van der Waals surface area contributed by atoms with Gasteiger partial charge < -0.3 is 23.9 Å². The molecule has 0 saturated carbocycles. The Labute approximate surface area is 142 Å². The van der Waals surface area contributed by atoms with Gasteiger partial charge in [0.25, 0.3) is 0 Å². The molecule has 1 aromatic rings. The lowest BCUT2D eigenvalue weighted by atomic mass is 10.1. The summed E-state index contributed by atoms with van der Waals surface area (Å²) >= 11 is 5.15. The van der Waals surface area contributed by atoms with Crippen LogP contribution in [0.15, 0.2) is 12.4 Å². The first-order valence-corrected chi connectivity index (χ1v) is 7.59. The van der Waals surface area contributed by atoms with Gasteiger partial charge in [-0.2, -0.15) is 0 Å². The van der Waals surface area contributed by atoms with Gasteiger partial charge in [0.15, 0.2) is 23.2 Å².